The third kappa shape index (κ3) is 5.04. The van der Waals surface area contributed by atoms with Gasteiger partial charge in [-0.2, -0.15) is 0 Å². The van der Waals surface area contributed by atoms with E-state index in [4.69, 9.17) is 4.74 Å². The molecule has 0 saturated carbocycles. The minimum Gasteiger partial charge on any atom is -0.493 e. The summed E-state index contributed by atoms with van der Waals surface area (Å²) in [5, 5.41) is 12.3. The molecule has 0 bridgehead atoms. The second-order valence-corrected chi connectivity index (χ2v) is 8.20. The lowest BCUT2D eigenvalue weighted by molar-refractivity contribution is 0.199. The number of rotatable bonds is 6. The second-order valence-electron chi connectivity index (χ2n) is 8.20. The molecule has 7 heteroatoms. The van der Waals surface area contributed by atoms with Gasteiger partial charge in [0, 0.05) is 25.6 Å². The topological polar surface area (TPSA) is 55.2 Å². The number of ether oxygens (including phenoxy) is 1. The number of piperidine rings is 1. The first kappa shape index (κ1) is 21.1. The summed E-state index contributed by atoms with van der Waals surface area (Å²) in [6.07, 6.45) is 2.34. The zero-order valence-corrected chi connectivity index (χ0v) is 17.7. The highest BCUT2D eigenvalue weighted by atomic mass is 35.5. The Hall–Kier alpha value is -1.63. The van der Waals surface area contributed by atoms with Crippen LogP contribution >= 0.6 is 12.4 Å². The van der Waals surface area contributed by atoms with Crippen molar-refractivity contribution in [2.45, 2.75) is 52.2 Å². The highest BCUT2D eigenvalue weighted by Crippen LogP contribution is 2.28. The third-order valence-corrected chi connectivity index (χ3v) is 5.52. The average molecular weight is 406 g/mol. The molecule has 4 rings (SSSR count). The fourth-order valence-electron chi connectivity index (χ4n) is 3.98. The summed E-state index contributed by atoms with van der Waals surface area (Å²) in [6.45, 7) is 11.2. The average Bonchev–Trinajstić information content (AvgIpc) is 3.12. The highest BCUT2D eigenvalue weighted by molar-refractivity contribution is 5.85. The van der Waals surface area contributed by atoms with Crippen molar-refractivity contribution in [1.29, 1.82) is 0 Å². The van der Waals surface area contributed by atoms with Crippen molar-refractivity contribution in [3.8, 4) is 5.75 Å². The van der Waals surface area contributed by atoms with Crippen molar-refractivity contribution in [1.82, 2.24) is 25.0 Å². The minimum atomic E-state index is 0. The summed E-state index contributed by atoms with van der Waals surface area (Å²) < 4.78 is 8.12. The van der Waals surface area contributed by atoms with Crippen LogP contribution in [0.5, 0.6) is 5.75 Å². The SMILES string of the molecule is CC(C)COc1ccc(CN2CCC(c3nnc4n3CCNC4)CC2)cc1.Cl. The molecule has 28 heavy (non-hydrogen) atoms. The lowest BCUT2D eigenvalue weighted by Gasteiger charge is -2.32. The molecular formula is C21H32ClN5O. The van der Waals surface area contributed by atoms with Crippen molar-refractivity contribution in [3.05, 3.63) is 41.5 Å². The molecule has 0 atom stereocenters. The number of nitrogens with zero attached hydrogens (tertiary/aromatic N) is 4. The maximum atomic E-state index is 5.78. The molecule has 2 aromatic rings. The molecule has 2 aliphatic heterocycles. The van der Waals surface area contributed by atoms with Gasteiger partial charge >= 0.3 is 0 Å². The molecule has 0 aliphatic carbocycles. The Morgan fingerprint density at radius 3 is 2.57 bits per heavy atom. The molecule has 1 aromatic heterocycles. The number of benzene rings is 1. The number of halogens is 1. The monoisotopic (exact) mass is 405 g/mol. The molecule has 1 saturated heterocycles. The van der Waals surface area contributed by atoms with E-state index in [-0.39, 0.29) is 12.4 Å². The van der Waals surface area contributed by atoms with Crippen LogP contribution in [0.25, 0.3) is 0 Å². The van der Waals surface area contributed by atoms with Gasteiger partial charge in [0.2, 0.25) is 0 Å². The van der Waals surface area contributed by atoms with Crippen molar-refractivity contribution in [2.75, 3.05) is 26.2 Å². The lowest BCUT2D eigenvalue weighted by atomic mass is 9.95. The van der Waals surface area contributed by atoms with Gasteiger partial charge in [-0.05, 0) is 49.5 Å². The molecule has 0 spiro atoms. The Bertz CT molecular complexity index is 738. The van der Waals surface area contributed by atoms with Crippen molar-refractivity contribution >= 4 is 12.4 Å². The number of hydrogen-bond acceptors (Lipinski definition) is 5. The maximum Gasteiger partial charge on any atom is 0.147 e. The molecule has 0 unspecified atom stereocenters. The van der Waals surface area contributed by atoms with Crippen LogP contribution < -0.4 is 10.1 Å². The first-order chi connectivity index (χ1) is 13.2. The molecule has 6 nitrogen and oxygen atoms in total. The molecule has 1 fully saturated rings. The van der Waals surface area contributed by atoms with E-state index < -0.39 is 0 Å². The quantitative estimate of drug-likeness (QED) is 0.799. The number of hydrogen-bond donors (Lipinski definition) is 1. The number of nitrogens with one attached hydrogen (secondary N) is 1. The van der Waals surface area contributed by atoms with Crippen LogP contribution in [0.3, 0.4) is 0 Å². The van der Waals surface area contributed by atoms with Gasteiger partial charge in [0.25, 0.3) is 0 Å². The summed E-state index contributed by atoms with van der Waals surface area (Å²) in [7, 11) is 0. The molecule has 0 radical (unpaired) electrons. The second kappa shape index (κ2) is 9.72. The van der Waals surface area contributed by atoms with Crippen LogP contribution in [0.4, 0.5) is 0 Å². The van der Waals surface area contributed by atoms with Gasteiger partial charge < -0.3 is 14.6 Å². The van der Waals surface area contributed by atoms with Crippen molar-refractivity contribution in [2.24, 2.45) is 5.92 Å². The lowest BCUT2D eigenvalue weighted by Crippen LogP contribution is -2.34. The first-order valence-corrected chi connectivity index (χ1v) is 10.3. The Balaban J connectivity index is 0.00000225. The van der Waals surface area contributed by atoms with Crippen molar-refractivity contribution in [3.63, 3.8) is 0 Å². The van der Waals surface area contributed by atoms with E-state index in [2.05, 4.69) is 63.1 Å². The van der Waals surface area contributed by atoms with Crippen LogP contribution in [0.1, 0.15) is 49.8 Å². The van der Waals surface area contributed by atoms with Crippen LogP contribution in [-0.4, -0.2) is 45.9 Å². The smallest absolute Gasteiger partial charge is 0.147 e. The Labute approximate surface area is 174 Å². The minimum absolute atomic E-state index is 0. The van der Waals surface area contributed by atoms with E-state index >= 15 is 0 Å². The summed E-state index contributed by atoms with van der Waals surface area (Å²) in [5.41, 5.74) is 1.36. The molecular weight excluding hydrogens is 374 g/mol. The van der Waals surface area contributed by atoms with E-state index in [0.717, 1.165) is 57.4 Å². The Kier molecular flexibility index (Phi) is 7.32. The zero-order valence-electron chi connectivity index (χ0n) is 16.9. The van der Waals surface area contributed by atoms with Gasteiger partial charge in [0.1, 0.15) is 17.4 Å². The first-order valence-electron chi connectivity index (χ1n) is 10.3. The largest absolute Gasteiger partial charge is 0.493 e. The zero-order chi connectivity index (χ0) is 18.6. The Morgan fingerprint density at radius 2 is 1.86 bits per heavy atom. The number of likely N-dealkylation sites (tertiary alicyclic amines) is 1. The van der Waals surface area contributed by atoms with E-state index in [9.17, 15) is 0 Å². The highest BCUT2D eigenvalue weighted by Gasteiger charge is 2.26. The van der Waals surface area contributed by atoms with Gasteiger partial charge in [-0.1, -0.05) is 26.0 Å². The Morgan fingerprint density at radius 1 is 1.11 bits per heavy atom. The third-order valence-electron chi connectivity index (χ3n) is 5.52. The number of fused-ring (bicyclic) bond motifs is 1. The van der Waals surface area contributed by atoms with Crippen LogP contribution in [0.2, 0.25) is 0 Å². The summed E-state index contributed by atoms with van der Waals surface area (Å²) in [4.78, 5) is 2.55. The fourth-order valence-corrected chi connectivity index (χ4v) is 3.98. The van der Waals surface area contributed by atoms with E-state index in [1.807, 2.05) is 0 Å². The summed E-state index contributed by atoms with van der Waals surface area (Å²) in [6, 6.07) is 8.59. The van der Waals surface area contributed by atoms with E-state index in [1.165, 1.54) is 24.2 Å². The van der Waals surface area contributed by atoms with Crippen LogP contribution in [0.15, 0.2) is 24.3 Å². The summed E-state index contributed by atoms with van der Waals surface area (Å²) >= 11 is 0. The van der Waals surface area contributed by atoms with E-state index in [1.54, 1.807) is 0 Å². The van der Waals surface area contributed by atoms with Gasteiger partial charge in [-0.15, -0.1) is 22.6 Å². The van der Waals surface area contributed by atoms with Crippen LogP contribution in [0, 0.1) is 5.92 Å². The molecule has 1 aromatic carbocycles. The van der Waals surface area contributed by atoms with Gasteiger partial charge in [-0.3, -0.25) is 4.90 Å². The fraction of sp³-hybridized carbons (Fsp3) is 0.619. The van der Waals surface area contributed by atoms with Crippen LogP contribution in [-0.2, 0) is 19.6 Å². The molecule has 0 amide bonds. The predicted molar refractivity (Wildman–Crippen MR) is 113 cm³/mol. The molecule has 154 valence electrons. The maximum absolute atomic E-state index is 5.78. The molecule has 2 aliphatic rings. The standard InChI is InChI=1S/C21H31N5O.ClH/c1-16(2)15-27-19-5-3-17(4-6-19)14-25-10-7-18(8-11-25)21-24-23-20-13-22-9-12-26(20)21;/h3-6,16,18,22H,7-15H2,1-2H3;1H. The molecule has 1 N–H and O–H groups in total. The normalized spacial score (nSPS) is 18.0. The van der Waals surface area contributed by atoms with Crippen molar-refractivity contribution < 1.29 is 4.74 Å². The predicted octanol–water partition coefficient (Wildman–Crippen LogP) is 3.22. The molecule has 3 heterocycles. The number of aromatic nitrogens is 3. The van der Waals surface area contributed by atoms with E-state index in [0.29, 0.717) is 11.8 Å². The van der Waals surface area contributed by atoms with Gasteiger partial charge in [0.05, 0.1) is 13.2 Å². The van der Waals surface area contributed by atoms with Gasteiger partial charge in [0.15, 0.2) is 0 Å². The summed E-state index contributed by atoms with van der Waals surface area (Å²) in [5.74, 6) is 4.37. The van der Waals surface area contributed by atoms with Gasteiger partial charge in [-0.25, -0.2) is 0 Å².